The summed E-state index contributed by atoms with van der Waals surface area (Å²) in [5.74, 6) is -1.78. The highest BCUT2D eigenvalue weighted by Gasteiger charge is 2.16. The molecule has 1 rings (SSSR count). The van der Waals surface area contributed by atoms with Crippen molar-refractivity contribution in [2.24, 2.45) is 5.73 Å². The minimum absolute atomic E-state index is 0.112. The smallest absolute Gasteiger partial charge is 0.305 e. The summed E-state index contributed by atoms with van der Waals surface area (Å²) in [5, 5.41) is 18.0. The quantitative estimate of drug-likeness (QED) is 0.706. The highest BCUT2D eigenvalue weighted by molar-refractivity contribution is 5.68. The van der Waals surface area contributed by atoms with Gasteiger partial charge < -0.3 is 15.9 Å². The van der Waals surface area contributed by atoms with Gasteiger partial charge in [0.2, 0.25) is 0 Å². The van der Waals surface area contributed by atoms with Crippen LogP contribution in [0.25, 0.3) is 0 Å². The van der Waals surface area contributed by atoms with Crippen molar-refractivity contribution in [1.29, 1.82) is 0 Å². The lowest BCUT2D eigenvalue weighted by Crippen LogP contribution is -2.15. The van der Waals surface area contributed by atoms with Gasteiger partial charge in [0.15, 0.2) is 0 Å². The molecule has 1 aromatic carbocycles. The van der Waals surface area contributed by atoms with Crippen molar-refractivity contribution < 1.29 is 19.4 Å². The number of halogens is 1. The number of carboxylic acids is 1. The third kappa shape index (κ3) is 2.66. The lowest BCUT2D eigenvalue weighted by Gasteiger charge is -2.12. The molecule has 0 aromatic heterocycles. The summed E-state index contributed by atoms with van der Waals surface area (Å²) in [5.41, 5.74) is 5.91. The number of hydrogen-bond acceptors (Lipinski definition) is 3. The maximum atomic E-state index is 13.1. The van der Waals surface area contributed by atoms with Crippen molar-refractivity contribution in [3.8, 4) is 5.75 Å². The van der Waals surface area contributed by atoms with Crippen LogP contribution in [-0.4, -0.2) is 16.2 Å². The van der Waals surface area contributed by atoms with Crippen LogP contribution in [0.3, 0.4) is 0 Å². The van der Waals surface area contributed by atoms with E-state index in [0.717, 1.165) is 6.07 Å². The van der Waals surface area contributed by atoms with Gasteiger partial charge in [-0.3, -0.25) is 4.79 Å². The maximum Gasteiger partial charge on any atom is 0.305 e. The van der Waals surface area contributed by atoms with Gasteiger partial charge in [0, 0.05) is 11.6 Å². The molecular formula is C10H12FNO3. The van der Waals surface area contributed by atoms with Gasteiger partial charge in [-0.05, 0) is 24.6 Å². The van der Waals surface area contributed by atoms with Crippen molar-refractivity contribution in [2.45, 2.75) is 19.4 Å². The monoisotopic (exact) mass is 213 g/mol. The van der Waals surface area contributed by atoms with Crippen LogP contribution >= 0.6 is 0 Å². The van der Waals surface area contributed by atoms with E-state index in [-0.39, 0.29) is 17.7 Å². The van der Waals surface area contributed by atoms with Gasteiger partial charge in [-0.2, -0.15) is 0 Å². The first kappa shape index (κ1) is 11.5. The Bertz CT molecular complexity index is 392. The average Bonchev–Trinajstić information content (AvgIpc) is 2.09. The van der Waals surface area contributed by atoms with Gasteiger partial charge in [-0.1, -0.05) is 0 Å². The molecule has 0 spiro atoms. The van der Waals surface area contributed by atoms with Gasteiger partial charge >= 0.3 is 5.97 Å². The lowest BCUT2D eigenvalue weighted by atomic mass is 10.0. The summed E-state index contributed by atoms with van der Waals surface area (Å²) >= 11 is 0. The summed E-state index contributed by atoms with van der Waals surface area (Å²) in [6.07, 6.45) is -0.351. The number of aryl methyl sites for hydroxylation is 1. The molecule has 4 N–H and O–H groups in total. The fourth-order valence-electron chi connectivity index (χ4n) is 1.28. The standard InChI is InChI=1S/C10H12FNO3/c1-5-2-9(13)6(3-7(5)11)8(12)4-10(14)15/h2-3,8,13H,4,12H2,1H3,(H,14,15). The molecule has 0 saturated heterocycles. The summed E-state index contributed by atoms with van der Waals surface area (Å²) < 4.78 is 13.1. The van der Waals surface area contributed by atoms with E-state index in [1.54, 1.807) is 0 Å². The first-order valence-corrected chi connectivity index (χ1v) is 4.38. The molecule has 15 heavy (non-hydrogen) atoms. The molecule has 82 valence electrons. The topological polar surface area (TPSA) is 83.5 Å². The van der Waals surface area contributed by atoms with Crippen LogP contribution in [0.15, 0.2) is 12.1 Å². The zero-order valence-electron chi connectivity index (χ0n) is 8.20. The number of aromatic hydroxyl groups is 1. The summed E-state index contributed by atoms with van der Waals surface area (Å²) in [4.78, 5) is 10.4. The fourth-order valence-corrected chi connectivity index (χ4v) is 1.28. The van der Waals surface area contributed by atoms with Gasteiger partial charge in [0.05, 0.1) is 6.42 Å². The summed E-state index contributed by atoms with van der Waals surface area (Å²) in [6.45, 7) is 1.50. The normalized spacial score (nSPS) is 12.5. The van der Waals surface area contributed by atoms with Gasteiger partial charge in [-0.25, -0.2) is 4.39 Å². The summed E-state index contributed by atoms with van der Waals surface area (Å²) in [6, 6.07) is 1.39. The molecule has 0 aliphatic carbocycles. The van der Waals surface area contributed by atoms with E-state index < -0.39 is 17.8 Å². The molecule has 0 aliphatic rings. The Hall–Kier alpha value is -1.62. The first-order chi connectivity index (χ1) is 6.91. The Morgan fingerprint density at radius 1 is 1.60 bits per heavy atom. The minimum atomic E-state index is -1.09. The van der Waals surface area contributed by atoms with Crippen LogP contribution in [0.4, 0.5) is 4.39 Å². The predicted octanol–water partition coefficient (Wildman–Crippen LogP) is 1.31. The molecule has 0 bridgehead atoms. The van der Waals surface area contributed by atoms with Crippen LogP contribution < -0.4 is 5.73 Å². The molecule has 4 nitrogen and oxygen atoms in total. The lowest BCUT2D eigenvalue weighted by molar-refractivity contribution is -0.137. The van der Waals surface area contributed by atoms with Crippen LogP contribution in [0.5, 0.6) is 5.75 Å². The van der Waals surface area contributed by atoms with Crippen LogP contribution in [0, 0.1) is 12.7 Å². The number of aliphatic carboxylic acids is 1. The van der Waals surface area contributed by atoms with E-state index in [0.29, 0.717) is 5.56 Å². The zero-order chi connectivity index (χ0) is 11.6. The summed E-state index contributed by atoms with van der Waals surface area (Å²) in [7, 11) is 0. The van der Waals surface area contributed by atoms with E-state index in [4.69, 9.17) is 10.8 Å². The number of phenolic OH excluding ortho intramolecular Hbond substituents is 1. The van der Waals surface area contributed by atoms with E-state index in [9.17, 15) is 14.3 Å². The molecule has 0 saturated carbocycles. The fraction of sp³-hybridized carbons (Fsp3) is 0.300. The van der Waals surface area contributed by atoms with Gasteiger partial charge in [-0.15, -0.1) is 0 Å². The number of benzene rings is 1. The second-order valence-electron chi connectivity index (χ2n) is 3.36. The van der Waals surface area contributed by atoms with E-state index in [2.05, 4.69) is 0 Å². The van der Waals surface area contributed by atoms with Crippen molar-refractivity contribution >= 4 is 5.97 Å². The Morgan fingerprint density at radius 3 is 2.73 bits per heavy atom. The molecule has 0 radical (unpaired) electrons. The predicted molar refractivity (Wildman–Crippen MR) is 52.0 cm³/mol. The molecular weight excluding hydrogens is 201 g/mol. The van der Waals surface area contributed by atoms with Crippen LogP contribution in [-0.2, 0) is 4.79 Å². The molecule has 1 atom stereocenters. The first-order valence-electron chi connectivity index (χ1n) is 4.38. The number of hydrogen-bond donors (Lipinski definition) is 3. The van der Waals surface area contributed by atoms with E-state index in [1.807, 2.05) is 0 Å². The molecule has 0 aliphatic heterocycles. The highest BCUT2D eigenvalue weighted by Crippen LogP contribution is 2.27. The van der Waals surface area contributed by atoms with Crippen molar-refractivity contribution in [2.75, 3.05) is 0 Å². The Balaban J connectivity index is 3.03. The second-order valence-corrected chi connectivity index (χ2v) is 3.36. The van der Waals surface area contributed by atoms with Crippen molar-refractivity contribution in [3.63, 3.8) is 0 Å². The van der Waals surface area contributed by atoms with Crippen molar-refractivity contribution in [3.05, 3.63) is 29.1 Å². The molecule has 5 heteroatoms. The Morgan fingerprint density at radius 2 is 2.20 bits per heavy atom. The number of phenols is 1. The number of carbonyl (C=O) groups is 1. The third-order valence-corrected chi connectivity index (χ3v) is 2.10. The highest BCUT2D eigenvalue weighted by atomic mass is 19.1. The average molecular weight is 213 g/mol. The minimum Gasteiger partial charge on any atom is -0.508 e. The van der Waals surface area contributed by atoms with E-state index >= 15 is 0 Å². The van der Waals surface area contributed by atoms with Gasteiger partial charge in [0.1, 0.15) is 11.6 Å². The molecule has 0 heterocycles. The van der Waals surface area contributed by atoms with Gasteiger partial charge in [0.25, 0.3) is 0 Å². The largest absolute Gasteiger partial charge is 0.508 e. The molecule has 1 aromatic rings. The van der Waals surface area contributed by atoms with Crippen LogP contribution in [0.2, 0.25) is 0 Å². The van der Waals surface area contributed by atoms with E-state index in [1.165, 1.54) is 13.0 Å². The number of carboxylic acid groups (broad SMARTS) is 1. The number of rotatable bonds is 3. The Kier molecular flexibility index (Phi) is 3.26. The third-order valence-electron chi connectivity index (χ3n) is 2.10. The second kappa shape index (κ2) is 4.27. The zero-order valence-corrected chi connectivity index (χ0v) is 8.20. The van der Waals surface area contributed by atoms with Crippen LogP contribution in [0.1, 0.15) is 23.6 Å². The SMILES string of the molecule is Cc1cc(O)c(C(N)CC(=O)O)cc1F. The Labute approximate surface area is 86.1 Å². The molecule has 0 fully saturated rings. The van der Waals surface area contributed by atoms with Crippen molar-refractivity contribution in [1.82, 2.24) is 0 Å². The number of nitrogens with two attached hydrogens (primary N) is 1. The maximum absolute atomic E-state index is 13.1. The molecule has 0 amide bonds. The molecule has 1 unspecified atom stereocenters.